The lowest BCUT2D eigenvalue weighted by Gasteiger charge is -2.25. The smallest absolute Gasteiger partial charge is 0.294 e. The number of nitrogens with zero attached hydrogens (tertiary/aromatic N) is 1. The standard InChI is InChI=1S/C46H43NO6S3/c1-28-36-20-14-31-26-34(55(48,49)50)18-21-37(31)42(36)45(2,3)39(28)23-15-29-12-13-30(44(29)54-33-10-8-7-9-11-33)17-25-41-46(4,5)43-38-22-19-35(56(51,52)53)27-32(38)16-24-40(43)47(41)6/h7-11,14-27H,12-13H2,1-6H3,(H,48,49,50)(H,51,52,53)/b23-15?,30-17+,41-25?. The second-order valence-electron chi connectivity index (χ2n) is 15.9. The molecule has 0 radical (unpaired) electrons. The summed E-state index contributed by atoms with van der Waals surface area (Å²) >= 11 is 1.78. The van der Waals surface area contributed by atoms with E-state index in [0.29, 0.717) is 0 Å². The summed E-state index contributed by atoms with van der Waals surface area (Å²) in [5, 5.41) is 3.45. The van der Waals surface area contributed by atoms with Gasteiger partial charge in [0, 0.05) is 39.1 Å². The fraction of sp³-hybridized carbons (Fsp3) is 0.217. The molecule has 0 atom stereocenters. The summed E-state index contributed by atoms with van der Waals surface area (Å²) in [6.45, 7) is 11.0. The molecule has 3 aliphatic rings. The highest BCUT2D eigenvalue weighted by atomic mass is 32.2. The van der Waals surface area contributed by atoms with Crippen molar-refractivity contribution >= 4 is 64.8 Å². The normalized spacial score (nSPS) is 19.4. The van der Waals surface area contributed by atoms with Gasteiger partial charge in [-0.2, -0.15) is 16.8 Å². The molecule has 0 spiro atoms. The van der Waals surface area contributed by atoms with Crippen LogP contribution in [0.1, 0.15) is 64.2 Å². The van der Waals surface area contributed by atoms with Crippen LogP contribution in [0.15, 0.2) is 157 Å². The summed E-state index contributed by atoms with van der Waals surface area (Å²) in [6.07, 6.45) is 10.8. The highest BCUT2D eigenvalue weighted by Crippen LogP contribution is 2.52. The second kappa shape index (κ2) is 13.5. The zero-order chi connectivity index (χ0) is 39.9. The lowest BCUT2D eigenvalue weighted by molar-refractivity contribution is 0.481. The third-order valence-corrected chi connectivity index (χ3v) is 14.7. The lowest BCUT2D eigenvalue weighted by Crippen LogP contribution is -2.22. The number of hydrogen-bond acceptors (Lipinski definition) is 6. The summed E-state index contributed by atoms with van der Waals surface area (Å²) < 4.78 is 66.9. The van der Waals surface area contributed by atoms with Gasteiger partial charge in [0.25, 0.3) is 20.2 Å². The van der Waals surface area contributed by atoms with Crippen LogP contribution in [0.2, 0.25) is 0 Å². The van der Waals surface area contributed by atoms with Crippen LogP contribution in [-0.4, -0.2) is 33.0 Å². The first-order valence-electron chi connectivity index (χ1n) is 18.5. The molecule has 0 fully saturated rings. The Kier molecular flexibility index (Phi) is 9.17. The van der Waals surface area contributed by atoms with Crippen molar-refractivity contribution in [3.8, 4) is 0 Å². The number of likely N-dealkylation sites (N-methyl/N-ethyl adjacent to an activating group) is 1. The molecule has 7 nitrogen and oxygen atoms in total. The van der Waals surface area contributed by atoms with Gasteiger partial charge in [-0.15, -0.1) is 0 Å². The molecule has 8 rings (SSSR count). The summed E-state index contributed by atoms with van der Waals surface area (Å²) in [4.78, 5) is 4.38. The van der Waals surface area contributed by atoms with Crippen LogP contribution < -0.4 is 4.90 Å². The number of hydrogen-bond donors (Lipinski definition) is 2. The Morgan fingerprint density at radius 2 is 1.30 bits per heavy atom. The number of fused-ring (bicyclic) bond motifs is 6. The van der Waals surface area contributed by atoms with Crippen molar-refractivity contribution in [2.45, 2.75) is 73.0 Å². The highest BCUT2D eigenvalue weighted by molar-refractivity contribution is 8.03. The van der Waals surface area contributed by atoms with Gasteiger partial charge in [0.05, 0.1) is 9.79 Å². The van der Waals surface area contributed by atoms with Crippen LogP contribution >= 0.6 is 11.8 Å². The lowest BCUT2D eigenvalue weighted by atomic mass is 9.78. The molecular formula is C46H43NO6S3. The van der Waals surface area contributed by atoms with E-state index in [1.165, 1.54) is 51.5 Å². The molecule has 0 aromatic heterocycles. The molecule has 56 heavy (non-hydrogen) atoms. The first-order valence-corrected chi connectivity index (χ1v) is 22.2. The summed E-state index contributed by atoms with van der Waals surface area (Å²) in [5.74, 6) is 0. The largest absolute Gasteiger partial charge is 0.347 e. The first-order chi connectivity index (χ1) is 26.4. The van der Waals surface area contributed by atoms with Crippen molar-refractivity contribution in [2.24, 2.45) is 0 Å². The van der Waals surface area contributed by atoms with Crippen LogP contribution in [0.5, 0.6) is 0 Å². The van der Waals surface area contributed by atoms with Gasteiger partial charge in [0.1, 0.15) is 0 Å². The predicted octanol–water partition coefficient (Wildman–Crippen LogP) is 11.2. The highest BCUT2D eigenvalue weighted by Gasteiger charge is 2.40. The quantitative estimate of drug-likeness (QED) is 0.157. The van der Waals surface area contributed by atoms with Crippen molar-refractivity contribution in [1.82, 2.24) is 0 Å². The van der Waals surface area contributed by atoms with E-state index < -0.39 is 20.2 Å². The second-order valence-corrected chi connectivity index (χ2v) is 19.8. The van der Waals surface area contributed by atoms with Crippen molar-refractivity contribution in [1.29, 1.82) is 0 Å². The molecule has 0 saturated heterocycles. The molecule has 5 aromatic carbocycles. The van der Waals surface area contributed by atoms with Gasteiger partial charge in [0.2, 0.25) is 0 Å². The average Bonchev–Trinajstić information content (AvgIpc) is 3.68. The summed E-state index contributed by atoms with van der Waals surface area (Å²) in [7, 11) is -6.56. The Morgan fingerprint density at radius 3 is 1.93 bits per heavy atom. The average molecular weight is 802 g/mol. The Balaban J connectivity index is 1.17. The third-order valence-electron chi connectivity index (χ3n) is 11.8. The van der Waals surface area contributed by atoms with Crippen molar-refractivity contribution in [3.63, 3.8) is 0 Å². The topological polar surface area (TPSA) is 112 Å². The number of thioether (sulfide) groups is 1. The minimum absolute atomic E-state index is 0.111. The van der Waals surface area contributed by atoms with Crippen molar-refractivity contribution in [2.75, 3.05) is 11.9 Å². The van der Waals surface area contributed by atoms with Crippen LogP contribution in [0.4, 0.5) is 5.69 Å². The van der Waals surface area contributed by atoms with Gasteiger partial charge in [-0.3, -0.25) is 9.11 Å². The Bertz CT molecular complexity index is 2900. The van der Waals surface area contributed by atoms with Crippen molar-refractivity contribution in [3.05, 3.63) is 159 Å². The maximum absolute atomic E-state index is 11.9. The molecule has 286 valence electrons. The van der Waals surface area contributed by atoms with E-state index in [4.69, 9.17) is 0 Å². The van der Waals surface area contributed by atoms with Crippen LogP contribution in [0, 0.1) is 0 Å². The minimum atomic E-state index is -4.32. The fourth-order valence-electron chi connectivity index (χ4n) is 9.05. The van der Waals surface area contributed by atoms with Gasteiger partial charge in [-0.05, 0) is 129 Å². The molecule has 10 heteroatoms. The molecule has 2 aliphatic carbocycles. The summed E-state index contributed by atoms with van der Waals surface area (Å²) in [5.41, 5.74) is 9.77. The predicted molar refractivity (Wildman–Crippen MR) is 228 cm³/mol. The monoisotopic (exact) mass is 801 g/mol. The Labute approximate surface area is 333 Å². The minimum Gasteiger partial charge on any atom is -0.347 e. The van der Waals surface area contributed by atoms with Gasteiger partial charge in [-0.25, -0.2) is 0 Å². The molecule has 1 aliphatic heterocycles. The van der Waals surface area contributed by atoms with Gasteiger partial charge in [-0.1, -0.05) is 106 Å². The first kappa shape index (κ1) is 38.2. The van der Waals surface area contributed by atoms with E-state index in [2.05, 4.69) is 101 Å². The van der Waals surface area contributed by atoms with E-state index in [0.717, 1.165) is 67.4 Å². The zero-order valence-electron chi connectivity index (χ0n) is 32.1. The maximum atomic E-state index is 11.9. The number of rotatable bonds is 7. The van der Waals surface area contributed by atoms with Gasteiger partial charge >= 0.3 is 0 Å². The molecule has 0 unspecified atom stereocenters. The Morgan fingerprint density at radius 1 is 0.696 bits per heavy atom. The molecule has 5 aromatic rings. The molecule has 0 saturated carbocycles. The van der Waals surface area contributed by atoms with E-state index in [9.17, 15) is 25.9 Å². The van der Waals surface area contributed by atoms with Crippen LogP contribution in [0.25, 0.3) is 27.1 Å². The van der Waals surface area contributed by atoms with Crippen LogP contribution in [0.3, 0.4) is 0 Å². The summed E-state index contributed by atoms with van der Waals surface area (Å²) in [6, 6.07) is 28.0. The molecule has 0 amide bonds. The maximum Gasteiger partial charge on any atom is 0.294 e. The van der Waals surface area contributed by atoms with E-state index >= 15 is 0 Å². The molecular weight excluding hydrogens is 759 g/mol. The molecule has 2 N–H and O–H groups in total. The fourth-order valence-corrected chi connectivity index (χ4v) is 11.2. The third kappa shape index (κ3) is 6.37. The number of benzene rings is 5. The van der Waals surface area contributed by atoms with Gasteiger partial charge < -0.3 is 4.90 Å². The Hall–Kier alpha value is -4.71. The number of allylic oxidation sites excluding steroid dienone is 9. The SMILES string of the molecule is CC1=C(C=CC2=C(Sc3ccccc3)/C(=C/C=C3N(C)c4ccc5cc(S(=O)(=O)O)ccc5c4C3(C)C)CC2)C(C)(C)c2c1ccc1cc(S(=O)(=O)O)ccc21. The number of anilines is 1. The zero-order valence-corrected chi connectivity index (χ0v) is 34.5. The van der Waals surface area contributed by atoms with Gasteiger partial charge in [0.15, 0.2) is 0 Å². The molecule has 1 heterocycles. The van der Waals surface area contributed by atoms with Crippen molar-refractivity contribution < 1.29 is 25.9 Å². The van der Waals surface area contributed by atoms with E-state index in [1.54, 1.807) is 17.8 Å². The van der Waals surface area contributed by atoms with E-state index in [-0.39, 0.29) is 20.6 Å². The van der Waals surface area contributed by atoms with Crippen LogP contribution in [-0.2, 0) is 31.1 Å². The van der Waals surface area contributed by atoms with E-state index in [1.807, 2.05) is 30.3 Å². The molecule has 0 bridgehead atoms.